The number of fused-ring (bicyclic) bond motifs is 1. The summed E-state index contributed by atoms with van der Waals surface area (Å²) in [7, 11) is 1.80. The molecule has 2 heterocycles. The largest absolute Gasteiger partial charge is 0.341 e. The second-order valence-electron chi connectivity index (χ2n) is 7.24. The second kappa shape index (κ2) is 6.28. The number of carbonyl (C=O) groups excluding carboxylic acids is 1. The van der Waals surface area contributed by atoms with Crippen LogP contribution in [-0.4, -0.2) is 41.1 Å². The lowest BCUT2D eigenvalue weighted by Gasteiger charge is -2.29. The van der Waals surface area contributed by atoms with E-state index in [-0.39, 0.29) is 17.2 Å². The third kappa shape index (κ3) is 3.52. The zero-order valence-corrected chi connectivity index (χ0v) is 14.8. The van der Waals surface area contributed by atoms with Crippen molar-refractivity contribution in [3.8, 4) is 0 Å². The second-order valence-corrected chi connectivity index (χ2v) is 7.24. The van der Waals surface area contributed by atoms with E-state index < -0.39 is 0 Å². The molecule has 2 aromatic rings. The van der Waals surface area contributed by atoms with Gasteiger partial charge in [-0.1, -0.05) is 32.9 Å². The highest BCUT2D eigenvalue weighted by atomic mass is 16.5. The van der Waals surface area contributed by atoms with Gasteiger partial charge < -0.3 is 15.2 Å². The normalized spacial score (nSPS) is 12.2. The predicted molar refractivity (Wildman–Crippen MR) is 90.4 cm³/mol. The van der Waals surface area contributed by atoms with Gasteiger partial charge in [-0.3, -0.25) is 4.79 Å². The van der Waals surface area contributed by atoms with E-state index in [2.05, 4.69) is 10.1 Å². The topological polar surface area (TPSA) is 85.2 Å². The zero-order chi connectivity index (χ0) is 17.4. The molecule has 0 fully saturated rings. The van der Waals surface area contributed by atoms with Gasteiger partial charge in [0.1, 0.15) is 0 Å². The summed E-state index contributed by atoms with van der Waals surface area (Å²) in [5.74, 6) is 0.0882. The molecular formula is C17H26N4O2. The maximum absolute atomic E-state index is 13.0. The van der Waals surface area contributed by atoms with E-state index in [1.165, 1.54) is 0 Å². The lowest BCUT2D eigenvalue weighted by Crippen LogP contribution is -2.39. The van der Waals surface area contributed by atoms with Crippen LogP contribution in [0, 0.1) is 12.3 Å². The highest BCUT2D eigenvalue weighted by Crippen LogP contribution is 2.28. The summed E-state index contributed by atoms with van der Waals surface area (Å²) in [5.41, 5.74) is 8.16. The van der Waals surface area contributed by atoms with Gasteiger partial charge >= 0.3 is 0 Å². The quantitative estimate of drug-likeness (QED) is 0.916. The molecule has 0 aliphatic heterocycles. The van der Waals surface area contributed by atoms with Gasteiger partial charge in [0, 0.05) is 19.3 Å². The van der Waals surface area contributed by atoms with Crippen LogP contribution in [0.5, 0.6) is 0 Å². The molecule has 0 saturated carbocycles. The molecule has 0 radical (unpaired) electrons. The molecule has 6 heteroatoms. The van der Waals surface area contributed by atoms with Crippen LogP contribution in [0.3, 0.4) is 0 Å². The van der Waals surface area contributed by atoms with Crippen LogP contribution in [0.2, 0.25) is 0 Å². The number of carbonyl (C=O) groups is 1. The molecular weight excluding hydrogens is 292 g/mol. The van der Waals surface area contributed by atoms with Crippen molar-refractivity contribution in [1.29, 1.82) is 0 Å². The Balaban J connectivity index is 2.49. The molecule has 0 aromatic carbocycles. The number of rotatable bonds is 5. The molecule has 2 rings (SSSR count). The predicted octanol–water partition coefficient (Wildman–Crippen LogP) is 2.71. The molecule has 0 atom stereocenters. The molecule has 0 unspecified atom stereocenters. The van der Waals surface area contributed by atoms with Crippen molar-refractivity contribution in [3.05, 3.63) is 23.0 Å². The molecule has 23 heavy (non-hydrogen) atoms. The van der Waals surface area contributed by atoms with Crippen molar-refractivity contribution < 1.29 is 9.32 Å². The molecule has 1 amide bonds. The zero-order valence-electron chi connectivity index (χ0n) is 14.8. The first-order valence-electron chi connectivity index (χ1n) is 7.88. The fourth-order valence-electron chi connectivity index (χ4n) is 2.64. The highest BCUT2D eigenvalue weighted by molar-refractivity contribution is 6.06. The molecule has 2 aromatic heterocycles. The lowest BCUT2D eigenvalue weighted by molar-refractivity contribution is 0.0742. The van der Waals surface area contributed by atoms with E-state index in [1.807, 2.05) is 34.6 Å². The van der Waals surface area contributed by atoms with Gasteiger partial charge in [0.2, 0.25) is 0 Å². The van der Waals surface area contributed by atoms with Crippen LogP contribution >= 0.6 is 0 Å². The van der Waals surface area contributed by atoms with Crippen LogP contribution in [-0.2, 0) is 0 Å². The molecule has 0 spiro atoms. The van der Waals surface area contributed by atoms with Crippen LogP contribution in [0.25, 0.3) is 11.1 Å². The fraction of sp³-hybridized carbons (Fsp3) is 0.588. The standard InChI is InChI=1S/C17H26N4O2/c1-10(2)14-13-12(7-11(3)19-15(13)23-20-14)16(22)21(6)9-17(4,5)8-18/h7,10H,8-9,18H2,1-6H3. The molecule has 0 aliphatic rings. The molecule has 2 N–H and O–H groups in total. The van der Waals surface area contributed by atoms with Gasteiger partial charge in [-0.2, -0.15) is 0 Å². The number of hydrogen-bond donors (Lipinski definition) is 1. The lowest BCUT2D eigenvalue weighted by atomic mass is 9.93. The summed E-state index contributed by atoms with van der Waals surface area (Å²) < 4.78 is 5.33. The third-order valence-corrected chi connectivity index (χ3v) is 3.94. The minimum absolute atomic E-state index is 0.0628. The van der Waals surface area contributed by atoms with E-state index in [1.54, 1.807) is 18.0 Å². The van der Waals surface area contributed by atoms with Crippen molar-refractivity contribution in [1.82, 2.24) is 15.0 Å². The molecule has 126 valence electrons. The Labute approximate surface area is 137 Å². The average Bonchev–Trinajstić information content (AvgIpc) is 2.88. The Hall–Kier alpha value is -1.95. The van der Waals surface area contributed by atoms with E-state index in [4.69, 9.17) is 10.3 Å². The number of aryl methyl sites for hydroxylation is 1. The smallest absolute Gasteiger partial charge is 0.259 e. The summed E-state index contributed by atoms with van der Waals surface area (Å²) in [4.78, 5) is 19.0. The number of hydrogen-bond acceptors (Lipinski definition) is 5. The SMILES string of the molecule is Cc1cc(C(=O)N(C)CC(C)(C)CN)c2c(C(C)C)noc2n1. The Bertz CT molecular complexity index is 719. The average molecular weight is 318 g/mol. The highest BCUT2D eigenvalue weighted by Gasteiger charge is 2.26. The van der Waals surface area contributed by atoms with Crippen molar-refractivity contribution in [2.24, 2.45) is 11.1 Å². The summed E-state index contributed by atoms with van der Waals surface area (Å²) in [6, 6.07) is 1.81. The Kier molecular flexibility index (Phi) is 4.75. The van der Waals surface area contributed by atoms with E-state index in [9.17, 15) is 4.79 Å². The minimum atomic E-state index is -0.138. The molecule has 0 bridgehead atoms. The number of pyridine rings is 1. The van der Waals surface area contributed by atoms with Crippen molar-refractivity contribution in [2.75, 3.05) is 20.1 Å². The van der Waals surface area contributed by atoms with Crippen LogP contribution in [0.15, 0.2) is 10.6 Å². The van der Waals surface area contributed by atoms with Gasteiger partial charge in [0.05, 0.1) is 16.6 Å². The molecule has 0 saturated heterocycles. The molecule has 0 aliphatic carbocycles. The maximum atomic E-state index is 13.0. The summed E-state index contributed by atoms with van der Waals surface area (Å²) >= 11 is 0. The van der Waals surface area contributed by atoms with Gasteiger partial charge in [-0.25, -0.2) is 4.98 Å². The fourth-order valence-corrected chi connectivity index (χ4v) is 2.64. The number of amides is 1. The Morgan fingerprint density at radius 3 is 2.65 bits per heavy atom. The number of aromatic nitrogens is 2. The van der Waals surface area contributed by atoms with Crippen molar-refractivity contribution >= 4 is 17.0 Å². The van der Waals surface area contributed by atoms with E-state index in [0.717, 1.165) is 11.4 Å². The Morgan fingerprint density at radius 2 is 2.09 bits per heavy atom. The van der Waals surface area contributed by atoms with Gasteiger partial charge in [0.15, 0.2) is 0 Å². The number of nitrogens with two attached hydrogens (primary N) is 1. The first-order chi connectivity index (χ1) is 10.7. The summed E-state index contributed by atoms with van der Waals surface area (Å²) in [6.45, 7) is 11.1. The van der Waals surface area contributed by atoms with Crippen LogP contribution in [0.1, 0.15) is 55.4 Å². The summed E-state index contributed by atoms with van der Waals surface area (Å²) in [5, 5.41) is 4.82. The van der Waals surface area contributed by atoms with Crippen LogP contribution in [0.4, 0.5) is 0 Å². The first-order valence-corrected chi connectivity index (χ1v) is 7.88. The maximum Gasteiger partial charge on any atom is 0.259 e. The van der Waals surface area contributed by atoms with E-state index >= 15 is 0 Å². The first kappa shape index (κ1) is 17.4. The minimum Gasteiger partial charge on any atom is -0.341 e. The molecule has 6 nitrogen and oxygen atoms in total. The monoisotopic (exact) mass is 318 g/mol. The van der Waals surface area contributed by atoms with Gasteiger partial charge in [-0.15, -0.1) is 0 Å². The number of nitrogens with zero attached hydrogens (tertiary/aromatic N) is 3. The van der Waals surface area contributed by atoms with Gasteiger partial charge in [-0.05, 0) is 30.9 Å². The summed E-state index contributed by atoms with van der Waals surface area (Å²) in [6.07, 6.45) is 0. The van der Waals surface area contributed by atoms with E-state index in [0.29, 0.717) is 29.8 Å². The van der Waals surface area contributed by atoms with Crippen molar-refractivity contribution in [2.45, 2.75) is 40.5 Å². The Morgan fingerprint density at radius 1 is 1.43 bits per heavy atom. The van der Waals surface area contributed by atoms with Crippen LogP contribution < -0.4 is 5.73 Å². The van der Waals surface area contributed by atoms with Crippen molar-refractivity contribution in [3.63, 3.8) is 0 Å². The van der Waals surface area contributed by atoms with Gasteiger partial charge in [0.25, 0.3) is 11.6 Å². The third-order valence-electron chi connectivity index (χ3n) is 3.94.